The van der Waals surface area contributed by atoms with Gasteiger partial charge in [0, 0.05) is 0 Å². The van der Waals surface area contributed by atoms with Crippen LogP contribution in [0.1, 0.15) is 11.1 Å². The Hall–Kier alpha value is -2.64. The van der Waals surface area contributed by atoms with Gasteiger partial charge >= 0.3 is 0 Å². The number of halogens is 1. The summed E-state index contributed by atoms with van der Waals surface area (Å²) >= 11 is 7.42. The molecule has 0 radical (unpaired) electrons. The van der Waals surface area contributed by atoms with Crippen LogP contribution in [-0.2, 0) is 4.79 Å². The fraction of sp³-hybridized carbons (Fsp3) is 0.200. The van der Waals surface area contributed by atoms with Crippen LogP contribution >= 0.6 is 23.4 Å². The van der Waals surface area contributed by atoms with Crippen LogP contribution in [0.4, 0.5) is 0 Å². The lowest BCUT2D eigenvalue weighted by atomic mass is 10.2. The summed E-state index contributed by atoms with van der Waals surface area (Å²) in [6, 6.07) is 11.0. The van der Waals surface area contributed by atoms with Crippen molar-refractivity contribution in [1.82, 2.24) is 0 Å². The molecule has 1 aliphatic heterocycles. The molecule has 1 aliphatic rings. The number of amidine groups is 1. The molecule has 1 heterocycles. The third-order valence-corrected chi connectivity index (χ3v) is 4.92. The second-order valence-corrected chi connectivity index (χ2v) is 7.38. The number of methoxy groups -OCH3 is 1. The SMILES string of the molecule is COc1cc(C)ccc1OCCOc1ccc(/C=C2/SC(N)=NC2=O)cc1Cl. The third-order valence-electron chi connectivity index (χ3n) is 3.81. The smallest absolute Gasteiger partial charge is 0.286 e. The maximum absolute atomic E-state index is 11.7. The highest BCUT2D eigenvalue weighted by Gasteiger charge is 2.19. The predicted octanol–water partition coefficient (Wildman–Crippen LogP) is 4.04. The van der Waals surface area contributed by atoms with Gasteiger partial charge in [0.05, 0.1) is 17.0 Å². The Balaban J connectivity index is 1.56. The molecule has 0 fully saturated rings. The summed E-state index contributed by atoms with van der Waals surface area (Å²) < 4.78 is 16.7. The monoisotopic (exact) mass is 418 g/mol. The highest BCUT2D eigenvalue weighted by atomic mass is 35.5. The van der Waals surface area contributed by atoms with Gasteiger partial charge in [-0.15, -0.1) is 0 Å². The Labute approximate surface area is 172 Å². The Morgan fingerprint density at radius 2 is 1.82 bits per heavy atom. The lowest BCUT2D eigenvalue weighted by Crippen LogP contribution is -2.09. The molecular formula is C20H19ClN2O4S. The van der Waals surface area contributed by atoms with E-state index in [-0.39, 0.29) is 11.1 Å². The predicted molar refractivity (Wildman–Crippen MR) is 112 cm³/mol. The van der Waals surface area contributed by atoms with E-state index in [0.29, 0.717) is 40.4 Å². The summed E-state index contributed by atoms with van der Waals surface area (Å²) in [5, 5.41) is 0.680. The zero-order chi connectivity index (χ0) is 20.1. The van der Waals surface area contributed by atoms with Crippen molar-refractivity contribution in [2.45, 2.75) is 6.92 Å². The number of rotatable bonds is 7. The van der Waals surface area contributed by atoms with Crippen LogP contribution in [0.2, 0.25) is 5.02 Å². The van der Waals surface area contributed by atoms with Crippen molar-refractivity contribution in [3.8, 4) is 17.2 Å². The largest absolute Gasteiger partial charge is 0.493 e. The fourth-order valence-electron chi connectivity index (χ4n) is 2.50. The van der Waals surface area contributed by atoms with Gasteiger partial charge in [0.1, 0.15) is 19.0 Å². The first-order valence-electron chi connectivity index (χ1n) is 8.44. The maximum Gasteiger partial charge on any atom is 0.286 e. The summed E-state index contributed by atoms with van der Waals surface area (Å²) in [4.78, 5) is 15.8. The molecule has 0 aliphatic carbocycles. The van der Waals surface area contributed by atoms with Gasteiger partial charge in [-0.3, -0.25) is 4.79 Å². The summed E-state index contributed by atoms with van der Waals surface area (Å²) in [6.07, 6.45) is 1.69. The molecular weight excluding hydrogens is 400 g/mol. The van der Waals surface area contributed by atoms with Crippen molar-refractivity contribution in [1.29, 1.82) is 0 Å². The van der Waals surface area contributed by atoms with Crippen molar-refractivity contribution >= 4 is 40.5 Å². The second kappa shape index (κ2) is 9.03. The number of hydrogen-bond acceptors (Lipinski definition) is 6. The Kier molecular flexibility index (Phi) is 6.49. The number of aryl methyl sites for hydroxylation is 1. The molecule has 2 aromatic rings. The Bertz CT molecular complexity index is 959. The van der Waals surface area contributed by atoms with Crippen LogP contribution in [0.3, 0.4) is 0 Å². The third kappa shape index (κ3) is 4.99. The van der Waals surface area contributed by atoms with Crippen LogP contribution in [-0.4, -0.2) is 31.4 Å². The minimum absolute atomic E-state index is 0.243. The Morgan fingerprint density at radius 1 is 1.11 bits per heavy atom. The number of carbonyl (C=O) groups is 1. The van der Waals surface area contributed by atoms with E-state index in [1.807, 2.05) is 25.1 Å². The molecule has 0 aromatic heterocycles. The van der Waals surface area contributed by atoms with Gasteiger partial charge in [-0.05, 0) is 60.2 Å². The van der Waals surface area contributed by atoms with Crippen LogP contribution in [0.15, 0.2) is 46.3 Å². The molecule has 0 unspecified atom stereocenters. The van der Waals surface area contributed by atoms with Gasteiger partial charge < -0.3 is 19.9 Å². The minimum atomic E-state index is -0.345. The van der Waals surface area contributed by atoms with Gasteiger partial charge in [-0.1, -0.05) is 23.7 Å². The van der Waals surface area contributed by atoms with Crippen LogP contribution in [0, 0.1) is 6.92 Å². The lowest BCUT2D eigenvalue weighted by molar-refractivity contribution is -0.113. The first-order chi connectivity index (χ1) is 13.5. The van der Waals surface area contributed by atoms with Gasteiger partial charge in [0.25, 0.3) is 5.91 Å². The molecule has 0 saturated heterocycles. The van der Waals surface area contributed by atoms with Crippen molar-refractivity contribution in [2.75, 3.05) is 20.3 Å². The molecule has 2 N–H and O–H groups in total. The number of nitrogens with two attached hydrogens (primary N) is 1. The zero-order valence-electron chi connectivity index (χ0n) is 15.4. The minimum Gasteiger partial charge on any atom is -0.493 e. The van der Waals surface area contributed by atoms with E-state index in [9.17, 15) is 4.79 Å². The van der Waals surface area contributed by atoms with Gasteiger partial charge in [0.2, 0.25) is 0 Å². The number of hydrogen-bond donors (Lipinski definition) is 1. The summed E-state index contributed by atoms with van der Waals surface area (Å²) in [5.74, 6) is 1.52. The van der Waals surface area contributed by atoms with Crippen LogP contribution < -0.4 is 19.9 Å². The molecule has 0 bridgehead atoms. The quantitative estimate of drug-likeness (QED) is 0.539. The van der Waals surface area contributed by atoms with E-state index in [4.69, 9.17) is 31.5 Å². The topological polar surface area (TPSA) is 83.1 Å². The van der Waals surface area contributed by atoms with E-state index < -0.39 is 0 Å². The zero-order valence-corrected chi connectivity index (χ0v) is 17.0. The second-order valence-electron chi connectivity index (χ2n) is 5.91. The van der Waals surface area contributed by atoms with Gasteiger partial charge in [0.15, 0.2) is 16.7 Å². The van der Waals surface area contributed by atoms with Crippen molar-refractivity contribution in [3.63, 3.8) is 0 Å². The Morgan fingerprint density at radius 3 is 2.46 bits per heavy atom. The highest BCUT2D eigenvalue weighted by molar-refractivity contribution is 8.18. The standard InChI is InChI=1S/C20H19ClN2O4S/c1-12-3-5-16(17(9-12)25-2)27-8-7-26-15-6-4-13(10-14(15)21)11-18-19(24)23-20(22)28-18/h3-6,9-11H,7-8H2,1-2H3,(H2,22,23,24)/b18-11+. The van der Waals surface area contributed by atoms with E-state index in [1.165, 1.54) is 0 Å². The lowest BCUT2D eigenvalue weighted by Gasteiger charge is -2.12. The summed E-state index contributed by atoms with van der Waals surface area (Å²) in [7, 11) is 1.60. The van der Waals surface area contributed by atoms with E-state index >= 15 is 0 Å². The number of thioether (sulfide) groups is 1. The normalized spacial score (nSPS) is 14.9. The number of nitrogens with zero attached hydrogens (tertiary/aromatic N) is 1. The molecule has 8 heteroatoms. The summed E-state index contributed by atoms with van der Waals surface area (Å²) in [5.41, 5.74) is 7.40. The molecule has 0 atom stereocenters. The molecule has 146 valence electrons. The number of ether oxygens (including phenoxy) is 3. The highest BCUT2D eigenvalue weighted by Crippen LogP contribution is 2.31. The molecule has 3 rings (SSSR count). The van der Waals surface area contributed by atoms with Crippen molar-refractivity contribution in [3.05, 3.63) is 57.5 Å². The van der Waals surface area contributed by atoms with E-state index in [1.54, 1.807) is 31.4 Å². The summed E-state index contributed by atoms with van der Waals surface area (Å²) in [6.45, 7) is 2.64. The number of benzene rings is 2. The first kappa shape index (κ1) is 20.1. The molecule has 28 heavy (non-hydrogen) atoms. The molecule has 2 aromatic carbocycles. The molecule has 6 nitrogen and oxygen atoms in total. The van der Waals surface area contributed by atoms with Gasteiger partial charge in [-0.25, -0.2) is 0 Å². The molecule has 1 amide bonds. The molecule has 0 saturated carbocycles. The van der Waals surface area contributed by atoms with E-state index in [2.05, 4.69) is 4.99 Å². The first-order valence-corrected chi connectivity index (χ1v) is 9.63. The number of amides is 1. The van der Waals surface area contributed by atoms with Gasteiger partial charge in [-0.2, -0.15) is 4.99 Å². The average Bonchev–Trinajstić information content (AvgIpc) is 2.98. The van der Waals surface area contributed by atoms with Crippen LogP contribution in [0.5, 0.6) is 17.2 Å². The fourth-order valence-corrected chi connectivity index (χ4v) is 3.42. The number of aliphatic imine (C=N–C) groups is 1. The molecule has 0 spiro atoms. The van der Waals surface area contributed by atoms with Crippen molar-refractivity contribution in [2.24, 2.45) is 10.7 Å². The maximum atomic E-state index is 11.7. The van der Waals surface area contributed by atoms with E-state index in [0.717, 1.165) is 22.9 Å². The average molecular weight is 419 g/mol. The van der Waals surface area contributed by atoms with Crippen molar-refractivity contribution < 1.29 is 19.0 Å². The number of carbonyl (C=O) groups excluding carboxylic acids is 1. The van der Waals surface area contributed by atoms with Crippen LogP contribution in [0.25, 0.3) is 6.08 Å².